The molecule has 8 heavy (non-hydrogen) atoms. The normalized spacial score (nSPS) is 29.6. The van der Waals surface area contributed by atoms with Gasteiger partial charge in [-0.1, -0.05) is 18.2 Å². The summed E-state index contributed by atoms with van der Waals surface area (Å²) in [5.74, 6) is 0. The van der Waals surface area contributed by atoms with Crippen molar-refractivity contribution < 1.29 is 4.74 Å². The molecular weight excluding hydrogens is 126 g/mol. The molecule has 1 aliphatic heterocycles. The molecule has 0 aliphatic carbocycles. The highest BCUT2D eigenvalue weighted by atomic mass is 35.5. The van der Waals surface area contributed by atoms with Gasteiger partial charge >= 0.3 is 0 Å². The smallest absolute Gasteiger partial charge is 0.170 e. The van der Waals surface area contributed by atoms with Crippen LogP contribution in [0, 0.1) is 0 Å². The summed E-state index contributed by atoms with van der Waals surface area (Å²) in [7, 11) is 0. The zero-order valence-corrected chi connectivity index (χ0v) is 5.24. The molecule has 0 amide bonds. The molecule has 3 heteroatoms. The van der Waals surface area contributed by atoms with E-state index in [9.17, 15) is 0 Å². The van der Waals surface area contributed by atoms with Gasteiger partial charge in [-0.15, -0.1) is 0 Å². The Hall–Kier alpha value is -0.210. The lowest BCUT2D eigenvalue weighted by Crippen LogP contribution is -2.32. The molecule has 0 aromatic heterocycles. The van der Waals surface area contributed by atoms with Crippen molar-refractivity contribution >= 4 is 11.6 Å². The van der Waals surface area contributed by atoms with Crippen molar-refractivity contribution in [2.75, 3.05) is 13.2 Å². The zero-order valence-electron chi connectivity index (χ0n) is 4.48. The fourth-order valence-electron chi connectivity index (χ4n) is 0.555. The van der Waals surface area contributed by atoms with Gasteiger partial charge in [0, 0.05) is 12.2 Å². The second kappa shape index (κ2) is 2.37. The highest BCUT2D eigenvalue weighted by Gasteiger charge is 2.12. The summed E-state index contributed by atoms with van der Waals surface area (Å²) in [5, 5.41) is 2.98. The Bertz CT molecular complexity index is 105. The molecule has 1 rings (SSSR count). The minimum atomic E-state index is -0.330. The fraction of sp³-hybridized carbons (Fsp3) is 0.600. The van der Waals surface area contributed by atoms with Crippen molar-refractivity contribution in [3.63, 3.8) is 0 Å². The predicted octanol–water partition coefficient (Wildman–Crippen LogP) is 0.685. The van der Waals surface area contributed by atoms with E-state index < -0.39 is 0 Å². The highest BCUT2D eigenvalue weighted by Crippen LogP contribution is 2.09. The van der Waals surface area contributed by atoms with Gasteiger partial charge in [-0.3, -0.25) is 0 Å². The summed E-state index contributed by atoms with van der Waals surface area (Å²) in [6.45, 7) is 5.12. The molecule has 1 saturated heterocycles. The molecule has 0 spiro atoms. The Morgan fingerprint density at radius 2 is 2.62 bits per heavy atom. The van der Waals surface area contributed by atoms with Crippen LogP contribution < -0.4 is 5.32 Å². The van der Waals surface area contributed by atoms with Crippen molar-refractivity contribution in [3.05, 3.63) is 12.3 Å². The van der Waals surface area contributed by atoms with Gasteiger partial charge in [-0.2, -0.15) is 0 Å². The van der Waals surface area contributed by atoms with E-state index in [1.54, 1.807) is 0 Å². The zero-order chi connectivity index (χ0) is 5.98. The molecule has 0 saturated carbocycles. The maximum atomic E-state index is 5.58. The molecule has 0 radical (unpaired) electrons. The van der Waals surface area contributed by atoms with Crippen molar-refractivity contribution in [2.45, 2.75) is 5.56 Å². The van der Waals surface area contributed by atoms with Crippen LogP contribution in [0.5, 0.6) is 0 Å². The number of hydrogen-bond acceptors (Lipinski definition) is 2. The molecule has 1 fully saturated rings. The number of hydrogen-bond donors (Lipinski definition) is 1. The van der Waals surface area contributed by atoms with Crippen LogP contribution in [-0.2, 0) is 4.74 Å². The van der Waals surface area contributed by atoms with Crippen LogP contribution in [-0.4, -0.2) is 18.7 Å². The average Bonchev–Trinajstić information content (AvgIpc) is 1.77. The number of morpholine rings is 1. The highest BCUT2D eigenvalue weighted by molar-refractivity contribution is 6.21. The first-order valence-corrected chi connectivity index (χ1v) is 2.92. The van der Waals surface area contributed by atoms with E-state index in [4.69, 9.17) is 16.3 Å². The maximum Gasteiger partial charge on any atom is 0.170 e. The van der Waals surface area contributed by atoms with Crippen LogP contribution in [0.1, 0.15) is 0 Å². The van der Waals surface area contributed by atoms with E-state index in [-0.39, 0.29) is 5.56 Å². The fourth-order valence-corrected chi connectivity index (χ4v) is 0.721. The Kier molecular flexibility index (Phi) is 1.76. The molecule has 1 heterocycles. The van der Waals surface area contributed by atoms with Crippen molar-refractivity contribution in [1.29, 1.82) is 0 Å². The Morgan fingerprint density at radius 3 is 3.00 bits per heavy atom. The largest absolute Gasteiger partial charge is 0.383 e. The predicted molar refractivity (Wildman–Crippen MR) is 32.7 cm³/mol. The number of rotatable bonds is 0. The van der Waals surface area contributed by atoms with Gasteiger partial charge < -0.3 is 10.1 Å². The van der Waals surface area contributed by atoms with Crippen LogP contribution in [0.15, 0.2) is 12.3 Å². The molecule has 0 bridgehead atoms. The quantitative estimate of drug-likeness (QED) is 0.491. The summed E-state index contributed by atoms with van der Waals surface area (Å²) in [4.78, 5) is 0. The number of alkyl halides is 1. The van der Waals surface area contributed by atoms with Gasteiger partial charge in [0.25, 0.3) is 0 Å². The van der Waals surface area contributed by atoms with Crippen molar-refractivity contribution in [3.8, 4) is 0 Å². The second-order valence-corrected chi connectivity index (χ2v) is 2.04. The van der Waals surface area contributed by atoms with Crippen LogP contribution in [0.25, 0.3) is 0 Å². The Morgan fingerprint density at radius 1 is 1.88 bits per heavy atom. The molecule has 1 unspecified atom stereocenters. The van der Waals surface area contributed by atoms with Crippen LogP contribution in [0.4, 0.5) is 0 Å². The van der Waals surface area contributed by atoms with Crippen molar-refractivity contribution in [1.82, 2.24) is 5.32 Å². The minimum absolute atomic E-state index is 0.330. The monoisotopic (exact) mass is 133 g/mol. The van der Waals surface area contributed by atoms with Crippen molar-refractivity contribution in [2.24, 2.45) is 0 Å². The van der Waals surface area contributed by atoms with Gasteiger partial charge in [0.05, 0.1) is 6.61 Å². The lowest BCUT2D eigenvalue weighted by Gasteiger charge is -2.20. The van der Waals surface area contributed by atoms with Gasteiger partial charge in [-0.05, 0) is 0 Å². The molecule has 2 nitrogen and oxygen atoms in total. The molecule has 1 atom stereocenters. The van der Waals surface area contributed by atoms with Crippen LogP contribution >= 0.6 is 11.6 Å². The van der Waals surface area contributed by atoms with Gasteiger partial charge in [0.1, 0.15) is 0 Å². The number of nitrogens with one attached hydrogen (secondary N) is 1. The summed E-state index contributed by atoms with van der Waals surface area (Å²) < 4.78 is 4.99. The van der Waals surface area contributed by atoms with Crippen LogP contribution in [0.3, 0.4) is 0 Å². The third-order valence-corrected chi connectivity index (χ3v) is 1.38. The van der Waals surface area contributed by atoms with E-state index in [0.29, 0.717) is 6.61 Å². The third-order valence-electron chi connectivity index (χ3n) is 0.992. The van der Waals surface area contributed by atoms with Gasteiger partial charge in [-0.25, -0.2) is 0 Å². The molecule has 1 aliphatic rings. The standard InChI is InChI=1S/C5H8ClNO/c1-4-5(6)8-3-2-7-4/h5,7H,1-3H2. The maximum absolute atomic E-state index is 5.58. The SMILES string of the molecule is C=C1NCCOC1Cl. The topological polar surface area (TPSA) is 21.3 Å². The molecule has 0 aromatic carbocycles. The van der Waals surface area contributed by atoms with Crippen LogP contribution in [0.2, 0.25) is 0 Å². The summed E-state index contributed by atoms with van der Waals surface area (Å²) >= 11 is 5.58. The molecule has 1 N–H and O–H groups in total. The van der Waals surface area contributed by atoms with Gasteiger partial charge in [0.15, 0.2) is 5.56 Å². The van der Waals surface area contributed by atoms with E-state index in [1.807, 2.05) is 0 Å². The third kappa shape index (κ3) is 1.14. The number of ether oxygens (including phenoxy) is 1. The first-order chi connectivity index (χ1) is 3.80. The van der Waals surface area contributed by atoms with E-state index in [0.717, 1.165) is 12.2 Å². The summed E-state index contributed by atoms with van der Waals surface area (Å²) in [6, 6.07) is 0. The Labute approximate surface area is 53.5 Å². The lowest BCUT2D eigenvalue weighted by molar-refractivity contribution is 0.105. The Balaban J connectivity index is 2.39. The van der Waals surface area contributed by atoms with Gasteiger partial charge in [0.2, 0.25) is 0 Å². The molecule has 0 aromatic rings. The number of halogens is 1. The summed E-state index contributed by atoms with van der Waals surface area (Å²) in [5.41, 5.74) is 0.432. The minimum Gasteiger partial charge on any atom is -0.383 e. The molecule has 46 valence electrons. The first kappa shape index (κ1) is 5.92. The second-order valence-electron chi connectivity index (χ2n) is 1.64. The average molecular weight is 134 g/mol. The van der Waals surface area contributed by atoms with E-state index in [2.05, 4.69) is 11.9 Å². The lowest BCUT2D eigenvalue weighted by atomic mass is 10.4. The molecular formula is C5H8ClNO. The van der Waals surface area contributed by atoms with E-state index >= 15 is 0 Å². The first-order valence-electron chi connectivity index (χ1n) is 2.49. The van der Waals surface area contributed by atoms with E-state index in [1.165, 1.54) is 0 Å². The summed E-state index contributed by atoms with van der Waals surface area (Å²) in [6.07, 6.45) is 0.